The molecule has 0 N–H and O–H groups in total. The second kappa shape index (κ2) is 8.34. The molecule has 2 aromatic carbocycles. The number of halogens is 3. The van der Waals surface area contributed by atoms with Crippen LogP contribution in [-0.4, -0.2) is 37.3 Å². The Morgan fingerprint density at radius 3 is 2.52 bits per heavy atom. The molecule has 0 radical (unpaired) electrons. The minimum atomic E-state index is -3.66. The number of para-hydroxylation sites is 1. The normalized spacial score (nSPS) is 17.0. The Kier molecular flexibility index (Phi) is 6.22. The summed E-state index contributed by atoms with van der Waals surface area (Å²) in [6.45, 7) is 0.723. The van der Waals surface area contributed by atoms with E-state index in [-0.39, 0.29) is 35.2 Å². The van der Waals surface area contributed by atoms with E-state index < -0.39 is 15.8 Å². The van der Waals surface area contributed by atoms with Crippen LogP contribution in [0.2, 0.25) is 0 Å². The number of alkyl halides is 2. The van der Waals surface area contributed by atoms with Crippen LogP contribution in [0.4, 0.5) is 8.78 Å². The fourth-order valence-corrected chi connectivity index (χ4v) is 4.90. The van der Waals surface area contributed by atoms with Gasteiger partial charge in [0.05, 0.1) is 21.9 Å². The van der Waals surface area contributed by atoms with Gasteiger partial charge in [-0.2, -0.15) is 0 Å². The molecule has 1 fully saturated rings. The van der Waals surface area contributed by atoms with Crippen LogP contribution in [0.3, 0.4) is 0 Å². The van der Waals surface area contributed by atoms with Gasteiger partial charge in [-0.05, 0) is 36.7 Å². The van der Waals surface area contributed by atoms with Gasteiger partial charge < -0.3 is 0 Å². The van der Waals surface area contributed by atoms with Crippen LogP contribution in [0.15, 0.2) is 70.6 Å². The average molecular weight is 439 g/mol. The highest BCUT2D eigenvalue weighted by Crippen LogP contribution is 2.29. The molecule has 0 bridgehead atoms. The first kappa shape index (κ1) is 21.6. The first-order valence-corrected chi connectivity index (χ1v) is 10.6. The smallest absolute Gasteiger partial charge is 0.260 e. The number of likely N-dealkylation sites (tertiary alicyclic amines) is 1. The molecule has 0 spiro atoms. The third-order valence-corrected chi connectivity index (χ3v) is 6.74. The van der Waals surface area contributed by atoms with Gasteiger partial charge >= 0.3 is 0 Å². The second-order valence-electron chi connectivity index (χ2n) is 7.15. The molecule has 0 aliphatic carbocycles. The third-order valence-electron chi connectivity index (χ3n) is 5.00. The number of rotatable bonds is 4. The Balaban J connectivity index is 0.00000240. The van der Waals surface area contributed by atoms with Gasteiger partial charge in [-0.1, -0.05) is 36.4 Å². The predicted molar refractivity (Wildman–Crippen MR) is 110 cm³/mol. The van der Waals surface area contributed by atoms with Crippen molar-refractivity contribution in [3.63, 3.8) is 0 Å². The maximum Gasteiger partial charge on any atom is 0.260 e. The molecule has 0 saturated carbocycles. The molecule has 4 rings (SSSR count). The second-order valence-corrected chi connectivity index (χ2v) is 9.10. The minimum absolute atomic E-state index is 0. The van der Waals surface area contributed by atoms with Gasteiger partial charge in [0.15, 0.2) is 0 Å². The lowest BCUT2D eigenvalue weighted by molar-refractivity contribution is -0.0660. The highest BCUT2D eigenvalue weighted by Gasteiger charge is 2.35. The van der Waals surface area contributed by atoms with Crippen LogP contribution in [0.5, 0.6) is 0 Å². The number of sulfone groups is 1. The van der Waals surface area contributed by atoms with E-state index in [9.17, 15) is 17.2 Å². The lowest BCUT2D eigenvalue weighted by Crippen LogP contribution is -2.42. The Bertz CT molecular complexity index is 1110. The van der Waals surface area contributed by atoms with Crippen molar-refractivity contribution >= 4 is 33.1 Å². The number of pyridine rings is 1. The number of hydrogen-bond acceptors (Lipinski definition) is 4. The van der Waals surface area contributed by atoms with Crippen molar-refractivity contribution < 1.29 is 17.2 Å². The highest BCUT2D eigenvalue weighted by atomic mass is 35.5. The van der Waals surface area contributed by atoms with Crippen LogP contribution in [0.1, 0.15) is 18.4 Å². The van der Waals surface area contributed by atoms with E-state index in [0.717, 1.165) is 5.56 Å². The quantitative estimate of drug-likeness (QED) is 0.591. The van der Waals surface area contributed by atoms with Crippen molar-refractivity contribution in [2.24, 2.45) is 0 Å². The summed E-state index contributed by atoms with van der Waals surface area (Å²) in [5.41, 5.74) is 1.46. The average Bonchev–Trinajstić information content (AvgIpc) is 2.68. The van der Waals surface area contributed by atoms with E-state index in [1.165, 1.54) is 6.20 Å². The SMILES string of the molecule is Cl.O=S(=O)(c1ccccc1)c1cnc2c(CN3CCCC(F)(F)C3)cccc2c1. The molecule has 1 aliphatic rings. The molecule has 2 heterocycles. The van der Waals surface area contributed by atoms with Crippen LogP contribution in [-0.2, 0) is 16.4 Å². The number of nitrogens with zero attached hydrogens (tertiary/aromatic N) is 2. The molecule has 1 aromatic heterocycles. The zero-order valence-corrected chi connectivity index (χ0v) is 17.2. The highest BCUT2D eigenvalue weighted by molar-refractivity contribution is 7.91. The number of aromatic nitrogens is 1. The Hall–Kier alpha value is -2.09. The van der Waals surface area contributed by atoms with E-state index in [1.807, 2.05) is 6.07 Å². The molecule has 1 aliphatic heterocycles. The predicted octanol–water partition coefficient (Wildman–Crippen LogP) is 4.72. The van der Waals surface area contributed by atoms with Crippen molar-refractivity contribution in [2.45, 2.75) is 35.1 Å². The molecular weight excluding hydrogens is 418 g/mol. The van der Waals surface area contributed by atoms with E-state index in [0.29, 0.717) is 30.4 Å². The Labute approximate surface area is 174 Å². The van der Waals surface area contributed by atoms with Crippen molar-refractivity contribution in [1.29, 1.82) is 0 Å². The van der Waals surface area contributed by atoms with E-state index in [2.05, 4.69) is 4.98 Å². The van der Waals surface area contributed by atoms with Gasteiger partial charge in [0.25, 0.3) is 5.92 Å². The van der Waals surface area contributed by atoms with Crippen molar-refractivity contribution in [1.82, 2.24) is 9.88 Å². The third kappa shape index (κ3) is 4.57. The summed E-state index contributed by atoms with van der Waals surface area (Å²) in [5, 5.41) is 0.679. The number of piperidine rings is 1. The Morgan fingerprint density at radius 2 is 1.79 bits per heavy atom. The first-order valence-electron chi connectivity index (χ1n) is 9.13. The first-order chi connectivity index (χ1) is 13.4. The summed E-state index contributed by atoms with van der Waals surface area (Å²) in [7, 11) is -3.66. The summed E-state index contributed by atoms with van der Waals surface area (Å²) >= 11 is 0. The lowest BCUT2D eigenvalue weighted by Gasteiger charge is -2.32. The molecule has 0 atom stereocenters. The summed E-state index contributed by atoms with van der Waals surface area (Å²) in [5.74, 6) is -2.66. The van der Waals surface area contributed by atoms with E-state index >= 15 is 0 Å². The lowest BCUT2D eigenvalue weighted by atomic mass is 10.0. The van der Waals surface area contributed by atoms with Crippen LogP contribution >= 0.6 is 12.4 Å². The van der Waals surface area contributed by atoms with Crippen molar-refractivity contribution in [3.05, 3.63) is 66.4 Å². The van der Waals surface area contributed by atoms with Crippen molar-refractivity contribution in [2.75, 3.05) is 13.1 Å². The molecule has 1 saturated heterocycles. The van der Waals surface area contributed by atoms with Crippen molar-refractivity contribution in [3.8, 4) is 0 Å². The molecule has 4 nitrogen and oxygen atoms in total. The molecule has 154 valence electrons. The maximum atomic E-state index is 13.7. The molecule has 0 amide bonds. The Morgan fingerprint density at radius 1 is 1.03 bits per heavy atom. The van der Waals surface area contributed by atoms with E-state index in [4.69, 9.17) is 0 Å². The van der Waals surface area contributed by atoms with E-state index in [1.54, 1.807) is 53.4 Å². The van der Waals surface area contributed by atoms with Gasteiger partial charge in [-0.3, -0.25) is 9.88 Å². The molecular formula is C21H21ClF2N2O2S. The van der Waals surface area contributed by atoms with Gasteiger partial charge in [0.2, 0.25) is 9.84 Å². The number of fused-ring (bicyclic) bond motifs is 1. The molecule has 29 heavy (non-hydrogen) atoms. The number of hydrogen-bond donors (Lipinski definition) is 0. The molecule has 8 heteroatoms. The maximum absolute atomic E-state index is 13.7. The largest absolute Gasteiger partial charge is 0.293 e. The fourth-order valence-electron chi connectivity index (χ4n) is 3.64. The standard InChI is InChI=1S/C21H20F2N2O2S.ClH/c22-21(23)10-5-11-25(15-21)14-17-7-4-6-16-12-19(13-24-20(16)17)28(26,27)18-8-2-1-3-9-18;/h1-4,6-9,12-13H,5,10-11,14-15H2;1H. The van der Waals surface area contributed by atoms with Gasteiger partial charge in [-0.25, -0.2) is 17.2 Å². The fraction of sp³-hybridized carbons (Fsp3) is 0.286. The zero-order chi connectivity index (χ0) is 19.8. The summed E-state index contributed by atoms with van der Waals surface area (Å²) in [6, 6.07) is 15.3. The molecule has 0 unspecified atom stereocenters. The molecule has 3 aromatic rings. The minimum Gasteiger partial charge on any atom is -0.293 e. The number of benzene rings is 2. The van der Waals surface area contributed by atoms with Gasteiger partial charge in [0.1, 0.15) is 0 Å². The van der Waals surface area contributed by atoms with Crippen LogP contribution in [0, 0.1) is 0 Å². The summed E-state index contributed by atoms with van der Waals surface area (Å²) in [4.78, 5) is 6.44. The van der Waals surface area contributed by atoms with Gasteiger partial charge in [0, 0.05) is 24.5 Å². The summed E-state index contributed by atoms with van der Waals surface area (Å²) < 4.78 is 53.0. The van der Waals surface area contributed by atoms with Crippen LogP contribution in [0.25, 0.3) is 10.9 Å². The topological polar surface area (TPSA) is 50.3 Å². The van der Waals surface area contributed by atoms with Gasteiger partial charge in [-0.15, -0.1) is 12.4 Å². The summed E-state index contributed by atoms with van der Waals surface area (Å²) in [6.07, 6.45) is 1.74. The van der Waals surface area contributed by atoms with Crippen LogP contribution < -0.4 is 0 Å². The monoisotopic (exact) mass is 438 g/mol. The zero-order valence-electron chi connectivity index (χ0n) is 15.6.